The van der Waals surface area contributed by atoms with E-state index in [0.29, 0.717) is 17.1 Å². The van der Waals surface area contributed by atoms with Gasteiger partial charge in [0, 0.05) is 5.56 Å². The first-order valence-electron chi connectivity index (χ1n) is 5.81. The summed E-state index contributed by atoms with van der Waals surface area (Å²) >= 11 is 0. The number of para-hydroxylation sites is 1. The van der Waals surface area contributed by atoms with E-state index in [4.69, 9.17) is 20.5 Å². The summed E-state index contributed by atoms with van der Waals surface area (Å²) < 4.78 is 5.62. The first-order chi connectivity index (χ1) is 9.74. The van der Waals surface area contributed by atoms with Crippen molar-refractivity contribution in [2.24, 2.45) is 0 Å². The summed E-state index contributed by atoms with van der Waals surface area (Å²) in [4.78, 5) is 0. The quantitative estimate of drug-likeness (QED) is 0.846. The van der Waals surface area contributed by atoms with Gasteiger partial charge >= 0.3 is 0 Å². The third-order valence-electron chi connectivity index (χ3n) is 2.75. The van der Waals surface area contributed by atoms with Crippen molar-refractivity contribution in [3.63, 3.8) is 0 Å². The Morgan fingerprint density at radius 3 is 1.95 bits per heavy atom. The summed E-state index contributed by atoms with van der Waals surface area (Å²) in [6.45, 7) is 0. The van der Waals surface area contributed by atoms with E-state index < -0.39 is 5.41 Å². The minimum atomic E-state index is -1.81. The molecule has 0 unspecified atom stereocenters. The molecule has 4 nitrogen and oxygen atoms in total. The molecule has 0 aliphatic carbocycles. The van der Waals surface area contributed by atoms with Crippen LogP contribution in [-0.4, -0.2) is 0 Å². The van der Waals surface area contributed by atoms with Crippen LogP contribution in [0.25, 0.3) is 0 Å². The van der Waals surface area contributed by atoms with Crippen LogP contribution in [0.3, 0.4) is 0 Å². The van der Waals surface area contributed by atoms with E-state index in [1.54, 1.807) is 48.5 Å². The van der Waals surface area contributed by atoms with Gasteiger partial charge in [-0.15, -0.1) is 0 Å². The van der Waals surface area contributed by atoms with Crippen LogP contribution in [-0.2, 0) is 5.41 Å². The van der Waals surface area contributed by atoms with E-state index >= 15 is 0 Å². The van der Waals surface area contributed by atoms with Crippen LogP contribution in [0.4, 0.5) is 0 Å². The van der Waals surface area contributed by atoms with Crippen LogP contribution < -0.4 is 4.74 Å². The fourth-order valence-corrected chi connectivity index (χ4v) is 1.69. The molecule has 0 aliphatic rings. The molecule has 2 aromatic rings. The summed E-state index contributed by atoms with van der Waals surface area (Å²) in [6, 6.07) is 20.8. The minimum absolute atomic E-state index is 0.304. The zero-order chi connectivity index (χ0) is 14.4. The predicted octanol–water partition coefficient (Wildman–Crippen LogP) is 3.29. The largest absolute Gasteiger partial charge is 0.457 e. The zero-order valence-corrected chi connectivity index (χ0v) is 10.4. The van der Waals surface area contributed by atoms with Crippen molar-refractivity contribution in [1.29, 1.82) is 15.8 Å². The topological polar surface area (TPSA) is 80.6 Å². The van der Waals surface area contributed by atoms with Crippen LogP contribution in [0, 0.1) is 34.0 Å². The summed E-state index contributed by atoms with van der Waals surface area (Å²) in [6.07, 6.45) is 0. The molecule has 0 atom stereocenters. The zero-order valence-electron chi connectivity index (χ0n) is 10.4. The molecule has 0 fully saturated rings. The van der Waals surface area contributed by atoms with Crippen LogP contribution in [0.1, 0.15) is 5.56 Å². The fraction of sp³-hybridized carbons (Fsp3) is 0.0625. The maximum Gasteiger partial charge on any atom is 0.253 e. The number of nitriles is 3. The first-order valence-corrected chi connectivity index (χ1v) is 5.81. The normalized spacial score (nSPS) is 9.85. The Bertz CT molecular complexity index is 697. The Balaban J connectivity index is 2.37. The van der Waals surface area contributed by atoms with E-state index in [-0.39, 0.29) is 0 Å². The van der Waals surface area contributed by atoms with Crippen molar-refractivity contribution < 1.29 is 4.74 Å². The van der Waals surface area contributed by atoms with Crippen molar-refractivity contribution in [3.8, 4) is 29.7 Å². The van der Waals surface area contributed by atoms with Crippen molar-refractivity contribution in [2.45, 2.75) is 5.41 Å². The Morgan fingerprint density at radius 2 is 1.35 bits per heavy atom. The highest BCUT2D eigenvalue weighted by Gasteiger charge is 2.32. The Kier molecular flexibility index (Phi) is 3.66. The maximum absolute atomic E-state index is 9.07. The van der Waals surface area contributed by atoms with Gasteiger partial charge in [0.05, 0.1) is 0 Å². The fourth-order valence-electron chi connectivity index (χ4n) is 1.69. The Labute approximate surface area is 116 Å². The number of rotatable bonds is 3. The van der Waals surface area contributed by atoms with Crippen molar-refractivity contribution in [1.82, 2.24) is 0 Å². The van der Waals surface area contributed by atoms with Crippen LogP contribution >= 0.6 is 0 Å². The maximum atomic E-state index is 9.07. The SMILES string of the molecule is N#CC(C#N)(C#N)c1cccc(Oc2ccccc2)c1. The van der Waals surface area contributed by atoms with Crippen LogP contribution in [0.2, 0.25) is 0 Å². The molecule has 0 N–H and O–H groups in total. The molecular weight excluding hydrogens is 250 g/mol. The summed E-state index contributed by atoms with van der Waals surface area (Å²) in [5.41, 5.74) is -1.51. The van der Waals surface area contributed by atoms with E-state index in [2.05, 4.69) is 0 Å². The number of nitrogens with zero attached hydrogens (tertiary/aromatic N) is 3. The van der Waals surface area contributed by atoms with E-state index in [0.717, 1.165) is 0 Å². The third-order valence-corrected chi connectivity index (χ3v) is 2.75. The molecule has 20 heavy (non-hydrogen) atoms. The van der Waals surface area contributed by atoms with Gasteiger partial charge in [0.15, 0.2) is 0 Å². The molecule has 0 amide bonds. The highest BCUT2D eigenvalue weighted by Crippen LogP contribution is 2.28. The average molecular weight is 259 g/mol. The molecule has 0 saturated heterocycles. The highest BCUT2D eigenvalue weighted by atomic mass is 16.5. The molecule has 0 radical (unpaired) electrons. The van der Waals surface area contributed by atoms with Gasteiger partial charge in [-0.2, -0.15) is 15.8 Å². The van der Waals surface area contributed by atoms with Gasteiger partial charge in [-0.05, 0) is 24.3 Å². The molecule has 0 aliphatic heterocycles. The van der Waals surface area contributed by atoms with E-state index in [1.165, 1.54) is 6.07 Å². The van der Waals surface area contributed by atoms with Crippen molar-refractivity contribution in [2.75, 3.05) is 0 Å². The Morgan fingerprint density at radius 1 is 0.750 bits per heavy atom. The standard InChI is InChI=1S/C16H9N3O/c17-10-16(11-18,12-19)13-5-4-8-15(9-13)20-14-6-2-1-3-7-14/h1-9H. The number of hydrogen-bond acceptors (Lipinski definition) is 4. The summed E-state index contributed by atoms with van der Waals surface area (Å²) in [5.74, 6) is 1.11. The van der Waals surface area contributed by atoms with Gasteiger partial charge < -0.3 is 4.74 Å². The van der Waals surface area contributed by atoms with Crippen LogP contribution in [0.15, 0.2) is 54.6 Å². The first kappa shape index (κ1) is 13.1. The molecule has 94 valence electrons. The van der Waals surface area contributed by atoms with Crippen LogP contribution in [0.5, 0.6) is 11.5 Å². The summed E-state index contributed by atoms with van der Waals surface area (Å²) in [5, 5.41) is 27.2. The molecule has 2 rings (SSSR count). The van der Waals surface area contributed by atoms with Gasteiger partial charge in [0.2, 0.25) is 0 Å². The third kappa shape index (κ3) is 2.43. The smallest absolute Gasteiger partial charge is 0.253 e. The van der Waals surface area contributed by atoms with Gasteiger partial charge in [0.25, 0.3) is 5.41 Å². The van der Waals surface area contributed by atoms with Gasteiger partial charge in [-0.1, -0.05) is 30.3 Å². The number of hydrogen-bond donors (Lipinski definition) is 0. The second-order valence-corrected chi connectivity index (χ2v) is 4.03. The molecule has 0 aromatic heterocycles. The van der Waals surface area contributed by atoms with E-state index in [1.807, 2.05) is 18.2 Å². The minimum Gasteiger partial charge on any atom is -0.457 e. The lowest BCUT2D eigenvalue weighted by Gasteiger charge is -2.12. The van der Waals surface area contributed by atoms with Gasteiger partial charge in [0.1, 0.15) is 29.7 Å². The average Bonchev–Trinajstić information content (AvgIpc) is 2.51. The molecule has 2 aromatic carbocycles. The molecule has 0 spiro atoms. The van der Waals surface area contributed by atoms with Gasteiger partial charge in [-0.25, -0.2) is 0 Å². The number of benzene rings is 2. The predicted molar refractivity (Wildman–Crippen MR) is 71.5 cm³/mol. The molecular formula is C16H9N3O. The molecule has 0 bridgehead atoms. The van der Waals surface area contributed by atoms with Gasteiger partial charge in [-0.3, -0.25) is 0 Å². The number of ether oxygens (including phenoxy) is 1. The summed E-state index contributed by atoms with van der Waals surface area (Å²) in [7, 11) is 0. The lowest BCUT2D eigenvalue weighted by atomic mass is 9.85. The molecule has 4 heteroatoms. The molecule has 0 heterocycles. The lowest BCUT2D eigenvalue weighted by Crippen LogP contribution is -2.18. The second-order valence-electron chi connectivity index (χ2n) is 4.03. The van der Waals surface area contributed by atoms with Crippen molar-refractivity contribution >= 4 is 0 Å². The Hall–Kier alpha value is -3.29. The highest BCUT2D eigenvalue weighted by molar-refractivity contribution is 5.50. The second kappa shape index (κ2) is 5.57. The monoisotopic (exact) mass is 259 g/mol. The van der Waals surface area contributed by atoms with E-state index in [9.17, 15) is 0 Å². The van der Waals surface area contributed by atoms with Crippen molar-refractivity contribution in [3.05, 3.63) is 60.2 Å². The lowest BCUT2D eigenvalue weighted by molar-refractivity contribution is 0.481. The molecule has 0 saturated carbocycles.